The number of carbonyl (C=O) groups is 1. The van der Waals surface area contributed by atoms with Crippen LogP contribution in [-0.2, 0) is 5.75 Å². The topological polar surface area (TPSA) is 50.2 Å². The molecule has 0 radical (unpaired) electrons. The summed E-state index contributed by atoms with van der Waals surface area (Å²) in [6, 6.07) is 6.95. The monoisotopic (exact) mass is 327 g/mol. The van der Waals surface area contributed by atoms with Gasteiger partial charge in [0.1, 0.15) is 5.15 Å². The molecule has 0 saturated carbocycles. The zero-order valence-corrected chi connectivity index (χ0v) is 12.9. The summed E-state index contributed by atoms with van der Waals surface area (Å²) in [5, 5.41) is 10.0. The number of pyridine rings is 1. The first-order valence-electron chi connectivity index (χ1n) is 5.74. The maximum atomic E-state index is 11.1. The Kier molecular flexibility index (Phi) is 4.91. The van der Waals surface area contributed by atoms with Crippen molar-refractivity contribution in [1.82, 2.24) is 4.98 Å². The van der Waals surface area contributed by atoms with E-state index in [4.69, 9.17) is 28.3 Å². The summed E-state index contributed by atoms with van der Waals surface area (Å²) in [5.74, 6) is -0.318. The smallest absolute Gasteiger partial charge is 0.335 e. The van der Waals surface area contributed by atoms with Crippen molar-refractivity contribution in [2.24, 2.45) is 0 Å². The third kappa shape index (κ3) is 3.66. The highest BCUT2D eigenvalue weighted by Crippen LogP contribution is 2.28. The minimum absolute atomic E-state index is 0.315. The Bertz CT molecular complexity index is 662. The minimum atomic E-state index is -0.920. The molecule has 0 spiro atoms. The molecule has 0 aliphatic carbocycles. The highest BCUT2D eigenvalue weighted by molar-refractivity contribution is 7.98. The Morgan fingerprint density at radius 2 is 2.10 bits per heavy atom. The molecule has 104 valence electrons. The van der Waals surface area contributed by atoms with Gasteiger partial charge in [0.05, 0.1) is 5.56 Å². The van der Waals surface area contributed by atoms with Crippen molar-refractivity contribution in [2.45, 2.75) is 17.6 Å². The number of hydrogen-bond donors (Lipinski definition) is 1. The number of thioether (sulfide) groups is 1. The number of aromatic carboxylic acids is 1. The molecule has 20 heavy (non-hydrogen) atoms. The molecule has 1 aromatic heterocycles. The molecule has 1 heterocycles. The number of halogens is 2. The normalized spacial score (nSPS) is 10.6. The van der Waals surface area contributed by atoms with Gasteiger partial charge >= 0.3 is 5.97 Å². The van der Waals surface area contributed by atoms with Crippen LogP contribution in [0.1, 0.15) is 21.5 Å². The summed E-state index contributed by atoms with van der Waals surface area (Å²) < 4.78 is 0. The Morgan fingerprint density at radius 1 is 1.35 bits per heavy atom. The molecular weight excluding hydrogens is 317 g/mol. The van der Waals surface area contributed by atoms with Gasteiger partial charge in [0.15, 0.2) is 0 Å². The summed E-state index contributed by atoms with van der Waals surface area (Å²) in [6.07, 6.45) is 1.63. The third-order valence-corrected chi connectivity index (χ3v) is 4.33. The van der Waals surface area contributed by atoms with E-state index in [0.717, 1.165) is 16.0 Å². The van der Waals surface area contributed by atoms with Crippen molar-refractivity contribution in [3.05, 3.63) is 57.3 Å². The van der Waals surface area contributed by atoms with Gasteiger partial charge in [-0.25, -0.2) is 9.78 Å². The molecule has 0 unspecified atom stereocenters. The molecule has 0 aliphatic heterocycles. The Balaban J connectivity index is 2.15. The summed E-state index contributed by atoms with van der Waals surface area (Å²) in [6.45, 7) is 1.78. The Morgan fingerprint density at radius 3 is 2.75 bits per heavy atom. The highest BCUT2D eigenvalue weighted by Gasteiger charge is 2.09. The molecule has 1 N–H and O–H groups in total. The van der Waals surface area contributed by atoms with Gasteiger partial charge in [0.2, 0.25) is 0 Å². The van der Waals surface area contributed by atoms with E-state index >= 15 is 0 Å². The lowest BCUT2D eigenvalue weighted by Gasteiger charge is -2.07. The van der Waals surface area contributed by atoms with Crippen LogP contribution >= 0.6 is 35.0 Å². The van der Waals surface area contributed by atoms with Crippen molar-refractivity contribution in [1.29, 1.82) is 0 Å². The first-order chi connectivity index (χ1) is 9.47. The SMILES string of the molecule is Cc1ccc(SCc2cnc(Cl)cc2Cl)cc1C(=O)O. The fraction of sp³-hybridized carbons (Fsp3) is 0.143. The van der Waals surface area contributed by atoms with Crippen LogP contribution in [0.25, 0.3) is 0 Å². The maximum Gasteiger partial charge on any atom is 0.335 e. The van der Waals surface area contributed by atoms with Gasteiger partial charge < -0.3 is 5.11 Å². The van der Waals surface area contributed by atoms with E-state index in [-0.39, 0.29) is 0 Å². The van der Waals surface area contributed by atoms with Crippen molar-refractivity contribution in [2.75, 3.05) is 0 Å². The van der Waals surface area contributed by atoms with Crippen LogP contribution < -0.4 is 0 Å². The molecule has 0 amide bonds. The number of nitrogens with zero attached hydrogens (tertiary/aromatic N) is 1. The Labute approximate surface area is 130 Å². The van der Waals surface area contributed by atoms with Crippen LogP contribution in [0.4, 0.5) is 0 Å². The number of benzene rings is 1. The lowest BCUT2D eigenvalue weighted by atomic mass is 10.1. The van der Waals surface area contributed by atoms with Gasteiger partial charge in [0.25, 0.3) is 0 Å². The molecule has 1 aromatic carbocycles. The number of carboxylic acids is 1. The minimum Gasteiger partial charge on any atom is -0.478 e. The average Bonchev–Trinajstić information content (AvgIpc) is 2.39. The van der Waals surface area contributed by atoms with Crippen molar-refractivity contribution >= 4 is 40.9 Å². The summed E-state index contributed by atoms with van der Waals surface area (Å²) in [4.78, 5) is 15.9. The highest BCUT2D eigenvalue weighted by atomic mass is 35.5. The molecular formula is C14H11Cl2NO2S. The largest absolute Gasteiger partial charge is 0.478 e. The number of rotatable bonds is 4. The molecule has 0 fully saturated rings. The summed E-state index contributed by atoms with van der Waals surface area (Å²) in [5.41, 5.74) is 1.92. The molecule has 0 saturated heterocycles. The van der Waals surface area contributed by atoms with Gasteiger partial charge in [-0.1, -0.05) is 29.3 Å². The lowest BCUT2D eigenvalue weighted by Crippen LogP contribution is -1.99. The van der Waals surface area contributed by atoms with Crippen LogP contribution in [0, 0.1) is 6.92 Å². The maximum absolute atomic E-state index is 11.1. The zero-order chi connectivity index (χ0) is 14.7. The van der Waals surface area contributed by atoms with E-state index < -0.39 is 5.97 Å². The van der Waals surface area contributed by atoms with E-state index in [1.54, 1.807) is 31.3 Å². The fourth-order valence-electron chi connectivity index (χ4n) is 1.62. The van der Waals surface area contributed by atoms with Crippen LogP contribution in [0.5, 0.6) is 0 Å². The lowest BCUT2D eigenvalue weighted by molar-refractivity contribution is 0.0696. The van der Waals surface area contributed by atoms with E-state index in [1.807, 2.05) is 6.07 Å². The van der Waals surface area contributed by atoms with Crippen molar-refractivity contribution in [3.8, 4) is 0 Å². The molecule has 0 aliphatic rings. The second kappa shape index (κ2) is 6.48. The van der Waals surface area contributed by atoms with E-state index in [1.165, 1.54) is 11.8 Å². The van der Waals surface area contributed by atoms with Crippen molar-refractivity contribution in [3.63, 3.8) is 0 Å². The molecule has 6 heteroatoms. The van der Waals surface area contributed by atoms with E-state index in [9.17, 15) is 4.79 Å². The summed E-state index contributed by atoms with van der Waals surface area (Å²) in [7, 11) is 0. The van der Waals surface area contributed by atoms with E-state index in [0.29, 0.717) is 21.5 Å². The second-order valence-electron chi connectivity index (χ2n) is 4.17. The quantitative estimate of drug-likeness (QED) is 0.653. The van der Waals surface area contributed by atoms with Crippen LogP contribution in [0.2, 0.25) is 10.2 Å². The van der Waals surface area contributed by atoms with Crippen LogP contribution in [0.3, 0.4) is 0 Å². The molecule has 2 rings (SSSR count). The molecule has 2 aromatic rings. The number of carboxylic acid groups (broad SMARTS) is 1. The molecule has 0 atom stereocenters. The second-order valence-corrected chi connectivity index (χ2v) is 6.01. The number of hydrogen-bond acceptors (Lipinski definition) is 3. The van der Waals surface area contributed by atoms with Crippen LogP contribution in [-0.4, -0.2) is 16.1 Å². The van der Waals surface area contributed by atoms with Gasteiger partial charge in [-0.3, -0.25) is 0 Å². The number of aromatic nitrogens is 1. The van der Waals surface area contributed by atoms with Gasteiger partial charge in [-0.2, -0.15) is 0 Å². The first kappa shape index (κ1) is 15.2. The first-order valence-corrected chi connectivity index (χ1v) is 7.48. The van der Waals surface area contributed by atoms with Gasteiger partial charge in [-0.05, 0) is 36.2 Å². The van der Waals surface area contributed by atoms with E-state index in [2.05, 4.69) is 4.98 Å². The van der Waals surface area contributed by atoms with Gasteiger partial charge in [0, 0.05) is 21.9 Å². The van der Waals surface area contributed by atoms with Crippen LogP contribution in [0.15, 0.2) is 35.4 Å². The number of aryl methyl sites for hydroxylation is 1. The molecule has 3 nitrogen and oxygen atoms in total. The third-order valence-electron chi connectivity index (χ3n) is 2.73. The Hall–Kier alpha value is -1.23. The zero-order valence-electron chi connectivity index (χ0n) is 10.6. The standard InChI is InChI=1S/C14H11Cl2NO2S/c1-8-2-3-10(4-11(8)14(18)19)20-7-9-6-17-13(16)5-12(9)15/h2-6H,7H2,1H3,(H,18,19). The van der Waals surface area contributed by atoms with Gasteiger partial charge in [-0.15, -0.1) is 11.8 Å². The predicted octanol–water partition coefficient (Wildman–Crippen LogP) is 4.69. The average molecular weight is 328 g/mol. The fourth-order valence-corrected chi connectivity index (χ4v) is 3.05. The molecule has 0 bridgehead atoms. The summed E-state index contributed by atoms with van der Waals surface area (Å²) >= 11 is 13.3. The van der Waals surface area contributed by atoms with Crippen molar-refractivity contribution < 1.29 is 9.90 Å². The predicted molar refractivity (Wildman–Crippen MR) is 82.0 cm³/mol.